The quantitative estimate of drug-likeness (QED) is 0.651. The molecule has 1 saturated heterocycles. The monoisotopic (exact) mass is 395 g/mol. The predicted octanol–water partition coefficient (Wildman–Crippen LogP) is 0.876. The van der Waals surface area contributed by atoms with Crippen LogP contribution in [0.4, 0.5) is 5.82 Å². The van der Waals surface area contributed by atoms with E-state index in [2.05, 4.69) is 48.8 Å². The van der Waals surface area contributed by atoms with E-state index in [4.69, 9.17) is 15.2 Å². The number of nitrogen functional groups attached to an aromatic ring is 1. The summed E-state index contributed by atoms with van der Waals surface area (Å²) in [5.41, 5.74) is 6.96. The van der Waals surface area contributed by atoms with Crippen molar-refractivity contribution in [1.29, 1.82) is 0 Å². The van der Waals surface area contributed by atoms with Gasteiger partial charge >= 0.3 is 0 Å². The molecular weight excluding hydrogens is 366 g/mol. The molecule has 0 amide bonds. The molecule has 2 aromatic heterocycles. The van der Waals surface area contributed by atoms with Crippen molar-refractivity contribution in [1.82, 2.24) is 19.5 Å². The van der Waals surface area contributed by atoms with Crippen LogP contribution < -0.4 is 5.73 Å². The number of methoxy groups -OCH3 is 1. The molecule has 0 radical (unpaired) electrons. The molecule has 4 N–H and O–H groups in total. The molecule has 0 unspecified atom stereocenters. The maximum absolute atomic E-state index is 10.9. The van der Waals surface area contributed by atoms with Crippen LogP contribution in [0.3, 0.4) is 0 Å². The van der Waals surface area contributed by atoms with Crippen LogP contribution in [-0.4, -0.2) is 69.8 Å². The first kappa shape index (κ1) is 20.1. The highest BCUT2D eigenvalue weighted by molar-refractivity contribution is 6.82. The minimum atomic E-state index is -2.44. The van der Waals surface area contributed by atoms with E-state index in [-0.39, 0.29) is 17.5 Å². The van der Waals surface area contributed by atoms with E-state index < -0.39 is 31.7 Å². The molecule has 10 heteroatoms. The van der Waals surface area contributed by atoms with Crippen LogP contribution in [0, 0.1) is 0 Å². The summed E-state index contributed by atoms with van der Waals surface area (Å²) < 4.78 is 14.1. The largest absolute Gasteiger partial charge is 0.394 e. The van der Waals surface area contributed by atoms with E-state index in [9.17, 15) is 10.2 Å². The first-order valence-corrected chi connectivity index (χ1v) is 12.0. The molecule has 150 valence electrons. The Morgan fingerprint density at radius 2 is 2.00 bits per heavy atom. The molecule has 3 rings (SSSR count). The van der Waals surface area contributed by atoms with Crippen LogP contribution in [-0.2, 0) is 14.8 Å². The molecule has 1 fully saturated rings. The van der Waals surface area contributed by atoms with E-state index in [0.717, 1.165) is 0 Å². The van der Waals surface area contributed by atoms with Gasteiger partial charge in [0, 0.05) is 7.11 Å². The van der Waals surface area contributed by atoms with Gasteiger partial charge in [0.15, 0.2) is 16.8 Å². The van der Waals surface area contributed by atoms with Gasteiger partial charge < -0.3 is 25.4 Å². The molecule has 0 spiro atoms. The topological polar surface area (TPSA) is 129 Å². The zero-order valence-corrected chi connectivity index (χ0v) is 17.7. The number of ether oxygens (including phenoxy) is 2. The molecule has 27 heavy (non-hydrogen) atoms. The van der Waals surface area contributed by atoms with Crippen LogP contribution in [0.5, 0.6) is 0 Å². The van der Waals surface area contributed by atoms with Gasteiger partial charge in [0.2, 0.25) is 0 Å². The molecule has 3 heterocycles. The number of aliphatic hydroxyl groups excluding tert-OH is 2. The molecule has 0 aliphatic carbocycles. The number of hydrogen-bond donors (Lipinski definition) is 3. The fourth-order valence-corrected chi connectivity index (χ4v) is 7.16. The average Bonchev–Trinajstić information content (AvgIpc) is 3.14. The summed E-state index contributed by atoms with van der Waals surface area (Å²) >= 11 is 0. The maximum atomic E-state index is 10.9. The van der Waals surface area contributed by atoms with Gasteiger partial charge in [-0.2, -0.15) is 0 Å². The predicted molar refractivity (Wildman–Crippen MR) is 104 cm³/mol. The highest BCUT2D eigenvalue weighted by atomic mass is 28.3. The third-order valence-corrected chi connectivity index (χ3v) is 12.5. The number of hydrogen-bond acceptors (Lipinski definition) is 8. The van der Waals surface area contributed by atoms with Gasteiger partial charge in [0.25, 0.3) is 0 Å². The van der Waals surface area contributed by atoms with Crippen molar-refractivity contribution in [2.24, 2.45) is 0 Å². The van der Waals surface area contributed by atoms with E-state index in [0.29, 0.717) is 11.2 Å². The van der Waals surface area contributed by atoms with Gasteiger partial charge in [-0.05, 0) is 5.04 Å². The Hall–Kier alpha value is -1.59. The van der Waals surface area contributed by atoms with Crippen molar-refractivity contribution in [2.45, 2.75) is 62.6 Å². The lowest BCUT2D eigenvalue weighted by Gasteiger charge is -2.52. The van der Waals surface area contributed by atoms with Crippen LogP contribution in [0.2, 0.25) is 18.1 Å². The van der Waals surface area contributed by atoms with Crippen molar-refractivity contribution in [3.05, 3.63) is 12.7 Å². The number of nitrogens with zero attached hydrogens (tertiary/aromatic N) is 4. The molecular formula is C17H29N5O4Si. The summed E-state index contributed by atoms with van der Waals surface area (Å²) in [7, 11) is -0.899. The number of aliphatic hydroxyl groups is 2. The lowest BCUT2D eigenvalue weighted by atomic mass is 10.1. The van der Waals surface area contributed by atoms with Crippen LogP contribution in [0.15, 0.2) is 12.7 Å². The van der Waals surface area contributed by atoms with Gasteiger partial charge in [0.05, 0.1) is 12.9 Å². The Morgan fingerprint density at radius 3 is 2.56 bits per heavy atom. The Bertz CT molecular complexity index is 836. The summed E-state index contributed by atoms with van der Waals surface area (Å²) in [6.45, 7) is 10.5. The Labute approximate surface area is 159 Å². The van der Waals surface area contributed by atoms with Gasteiger partial charge in [-0.1, -0.05) is 33.9 Å². The summed E-state index contributed by atoms with van der Waals surface area (Å²) in [4.78, 5) is 12.8. The minimum Gasteiger partial charge on any atom is -0.394 e. The van der Waals surface area contributed by atoms with Crippen molar-refractivity contribution >= 4 is 25.1 Å². The van der Waals surface area contributed by atoms with Gasteiger partial charge in [-0.25, -0.2) is 15.0 Å². The van der Waals surface area contributed by atoms with Crippen molar-refractivity contribution < 1.29 is 19.7 Å². The van der Waals surface area contributed by atoms with Crippen molar-refractivity contribution in [2.75, 3.05) is 19.5 Å². The van der Waals surface area contributed by atoms with E-state index in [1.165, 1.54) is 6.33 Å². The SMILES string of the molecule is CO[C@@H]1[C@H](O)[C@@H](CO)O[C@]1(n1cnc2c(N)ncnc21)[Si](C)(C)C(C)(C)C. The second-order valence-electron chi connectivity index (χ2n) is 8.60. The fraction of sp³-hybridized carbons (Fsp3) is 0.706. The zero-order chi connectivity index (χ0) is 20.2. The summed E-state index contributed by atoms with van der Waals surface area (Å²) in [6, 6.07) is 0. The highest BCUT2D eigenvalue weighted by Crippen LogP contribution is 2.53. The van der Waals surface area contributed by atoms with E-state index in [1.807, 2.05) is 4.57 Å². The molecule has 4 atom stereocenters. The lowest BCUT2D eigenvalue weighted by molar-refractivity contribution is -0.104. The molecule has 0 saturated carbocycles. The maximum Gasteiger partial charge on any atom is 0.167 e. The average molecular weight is 396 g/mol. The molecule has 1 aliphatic rings. The first-order chi connectivity index (χ1) is 12.5. The number of rotatable bonds is 4. The normalized spacial score (nSPS) is 29.6. The second-order valence-corrected chi connectivity index (χ2v) is 14.1. The van der Waals surface area contributed by atoms with Crippen LogP contribution >= 0.6 is 0 Å². The summed E-state index contributed by atoms with van der Waals surface area (Å²) in [6.07, 6.45) is 0.524. The van der Waals surface area contributed by atoms with Gasteiger partial charge in [-0.15, -0.1) is 0 Å². The number of nitrogens with two attached hydrogens (primary N) is 1. The molecule has 2 aromatic rings. The van der Waals surface area contributed by atoms with Crippen molar-refractivity contribution in [3.63, 3.8) is 0 Å². The van der Waals surface area contributed by atoms with Gasteiger partial charge in [0.1, 0.15) is 38.2 Å². The van der Waals surface area contributed by atoms with Crippen LogP contribution in [0.1, 0.15) is 20.8 Å². The molecule has 0 aromatic carbocycles. The number of anilines is 1. The van der Waals surface area contributed by atoms with Crippen LogP contribution in [0.25, 0.3) is 11.2 Å². The van der Waals surface area contributed by atoms with Crippen molar-refractivity contribution in [3.8, 4) is 0 Å². The fourth-order valence-electron chi connectivity index (χ4n) is 3.87. The summed E-state index contributed by atoms with van der Waals surface area (Å²) in [5, 5.41) is 19.5. The molecule has 0 bridgehead atoms. The van der Waals surface area contributed by atoms with E-state index in [1.54, 1.807) is 13.4 Å². The lowest BCUT2D eigenvalue weighted by Crippen LogP contribution is -2.66. The standard InChI is InChI=1S/C17H29N5O4Si/c1-16(2,3)27(5,6)17(13(25-4)12(24)10(7-23)26-17)22-9-21-11-14(18)19-8-20-15(11)22/h8-10,12-13,23-24H,7H2,1-6H3,(H2,18,19,20)/t10-,12-,13-,17+/m1/s1. The second kappa shape index (κ2) is 6.49. The third-order valence-electron chi connectivity index (χ3n) is 6.33. The summed E-state index contributed by atoms with van der Waals surface area (Å²) in [5.74, 6) is 0.273. The molecule has 1 aliphatic heterocycles. The Kier molecular flexibility index (Phi) is 4.84. The Morgan fingerprint density at radius 1 is 1.33 bits per heavy atom. The zero-order valence-electron chi connectivity index (χ0n) is 16.7. The Balaban J connectivity index is 2.37. The number of fused-ring (bicyclic) bond motifs is 1. The van der Waals surface area contributed by atoms with Gasteiger partial charge in [-0.3, -0.25) is 4.57 Å². The highest BCUT2D eigenvalue weighted by Gasteiger charge is 2.67. The molecule has 9 nitrogen and oxygen atoms in total. The number of imidazole rings is 1. The number of aromatic nitrogens is 4. The minimum absolute atomic E-state index is 0.136. The smallest absolute Gasteiger partial charge is 0.167 e. The first-order valence-electron chi connectivity index (χ1n) is 8.96. The third kappa shape index (κ3) is 2.62. The van der Waals surface area contributed by atoms with E-state index >= 15 is 0 Å².